The highest BCUT2D eigenvalue weighted by Gasteiger charge is 2.25. The second-order valence-electron chi connectivity index (χ2n) is 7.13. The molecule has 2 N–H and O–H groups in total. The van der Waals surface area contributed by atoms with E-state index in [1.165, 1.54) is 0 Å². The Morgan fingerprint density at radius 3 is 2.63 bits per heavy atom. The molecular formula is C22H19N5O2S. The molecular weight excluding hydrogens is 398 g/mol. The average Bonchev–Trinajstić information content (AvgIpc) is 3.10. The molecule has 2 aromatic heterocycles. The fourth-order valence-electron chi connectivity index (χ4n) is 3.70. The number of carbonyl (C=O) groups excluding carboxylic acids is 2. The number of anilines is 1. The second kappa shape index (κ2) is 7.89. The lowest BCUT2D eigenvalue weighted by atomic mass is 10.0. The second-order valence-corrected chi connectivity index (χ2v) is 8.14. The number of amides is 2. The van der Waals surface area contributed by atoms with Gasteiger partial charge in [0.1, 0.15) is 5.82 Å². The van der Waals surface area contributed by atoms with Gasteiger partial charge in [0.05, 0.1) is 10.4 Å². The van der Waals surface area contributed by atoms with Gasteiger partial charge in [-0.3, -0.25) is 19.9 Å². The van der Waals surface area contributed by atoms with Gasteiger partial charge in [0.25, 0.3) is 11.1 Å². The number of aromatic nitrogens is 2. The molecule has 0 saturated carbocycles. The van der Waals surface area contributed by atoms with Crippen molar-refractivity contribution < 1.29 is 9.59 Å². The van der Waals surface area contributed by atoms with E-state index in [9.17, 15) is 9.59 Å². The van der Waals surface area contributed by atoms with Crippen LogP contribution in [0.4, 0.5) is 10.6 Å². The number of piperazine rings is 1. The van der Waals surface area contributed by atoms with Crippen LogP contribution < -0.4 is 15.5 Å². The fourth-order valence-corrected chi connectivity index (χ4v) is 4.39. The maximum atomic E-state index is 11.9. The number of thioether (sulfide) groups is 1. The van der Waals surface area contributed by atoms with Crippen molar-refractivity contribution in [1.29, 1.82) is 0 Å². The van der Waals surface area contributed by atoms with Crippen molar-refractivity contribution >= 4 is 45.7 Å². The summed E-state index contributed by atoms with van der Waals surface area (Å²) in [5, 5.41) is 6.26. The van der Waals surface area contributed by atoms with E-state index < -0.39 is 0 Å². The normalized spacial score (nSPS) is 18.3. The summed E-state index contributed by atoms with van der Waals surface area (Å²) in [6.07, 6.45) is 5.42. The molecule has 0 radical (unpaired) electrons. The van der Waals surface area contributed by atoms with Crippen molar-refractivity contribution in [2.45, 2.75) is 0 Å². The van der Waals surface area contributed by atoms with Crippen LogP contribution in [-0.2, 0) is 4.79 Å². The molecule has 0 unspecified atom stereocenters. The van der Waals surface area contributed by atoms with Crippen LogP contribution in [0.25, 0.3) is 28.1 Å². The van der Waals surface area contributed by atoms with Crippen LogP contribution in [0.15, 0.2) is 53.7 Å². The van der Waals surface area contributed by atoms with Gasteiger partial charge in [-0.05, 0) is 59.3 Å². The van der Waals surface area contributed by atoms with Gasteiger partial charge in [0, 0.05) is 49.5 Å². The first-order chi connectivity index (χ1) is 14.7. The Balaban J connectivity index is 1.50. The number of fused-ring (bicyclic) bond motifs is 1. The summed E-state index contributed by atoms with van der Waals surface area (Å²) in [4.78, 5) is 35.1. The van der Waals surface area contributed by atoms with Crippen LogP contribution in [0, 0.1) is 0 Å². The van der Waals surface area contributed by atoms with Gasteiger partial charge in [-0.2, -0.15) is 0 Å². The minimum atomic E-state index is -0.357. The van der Waals surface area contributed by atoms with E-state index >= 15 is 0 Å². The molecule has 5 rings (SSSR count). The number of hydrogen-bond acceptors (Lipinski definition) is 7. The number of hydrogen-bond donors (Lipinski definition) is 2. The lowest BCUT2D eigenvalue weighted by Crippen LogP contribution is -2.43. The first-order valence-electron chi connectivity index (χ1n) is 9.73. The Bertz CT molecular complexity index is 1170. The first kappa shape index (κ1) is 18.8. The molecule has 150 valence electrons. The maximum Gasteiger partial charge on any atom is 0.290 e. The summed E-state index contributed by atoms with van der Waals surface area (Å²) in [6.45, 7) is 3.85. The van der Waals surface area contributed by atoms with Crippen molar-refractivity contribution in [3.05, 3.63) is 59.3 Å². The Labute approximate surface area is 177 Å². The van der Waals surface area contributed by atoms with Gasteiger partial charge in [-0.15, -0.1) is 0 Å². The predicted octanol–water partition coefficient (Wildman–Crippen LogP) is 3.03. The van der Waals surface area contributed by atoms with Crippen LogP contribution in [-0.4, -0.2) is 47.3 Å². The van der Waals surface area contributed by atoms with E-state index in [0.29, 0.717) is 4.91 Å². The molecule has 30 heavy (non-hydrogen) atoms. The number of imide groups is 1. The van der Waals surface area contributed by atoms with E-state index in [2.05, 4.69) is 37.6 Å². The highest BCUT2D eigenvalue weighted by Crippen LogP contribution is 2.31. The molecule has 8 heteroatoms. The molecule has 2 amide bonds. The minimum absolute atomic E-state index is 0.343. The quantitative estimate of drug-likeness (QED) is 0.634. The predicted molar refractivity (Wildman–Crippen MR) is 119 cm³/mol. The molecule has 2 fully saturated rings. The molecule has 0 aliphatic carbocycles. The fraction of sp³-hybridized carbons (Fsp3) is 0.182. The van der Waals surface area contributed by atoms with Gasteiger partial charge in [-0.25, -0.2) is 4.98 Å². The average molecular weight is 417 g/mol. The van der Waals surface area contributed by atoms with E-state index in [0.717, 1.165) is 71.4 Å². The first-order valence-corrected chi connectivity index (χ1v) is 10.5. The summed E-state index contributed by atoms with van der Waals surface area (Å²) < 4.78 is 0. The summed E-state index contributed by atoms with van der Waals surface area (Å²) >= 11 is 0.916. The summed E-state index contributed by atoms with van der Waals surface area (Å²) in [5.74, 6) is 0.627. The Morgan fingerprint density at radius 1 is 1.03 bits per heavy atom. The van der Waals surface area contributed by atoms with Gasteiger partial charge in [0.15, 0.2) is 0 Å². The van der Waals surface area contributed by atoms with Crippen molar-refractivity contribution in [3.8, 4) is 11.1 Å². The number of pyridine rings is 2. The maximum absolute atomic E-state index is 11.9. The van der Waals surface area contributed by atoms with Gasteiger partial charge in [-0.1, -0.05) is 6.07 Å². The highest BCUT2D eigenvalue weighted by atomic mass is 32.2. The van der Waals surface area contributed by atoms with E-state index in [-0.39, 0.29) is 11.1 Å². The molecule has 2 aliphatic heterocycles. The molecule has 3 aromatic rings. The number of nitrogens with one attached hydrogen (secondary N) is 2. The molecule has 0 atom stereocenters. The van der Waals surface area contributed by atoms with E-state index in [1.807, 2.05) is 30.5 Å². The molecule has 7 nitrogen and oxygen atoms in total. The van der Waals surface area contributed by atoms with E-state index in [4.69, 9.17) is 0 Å². The topological polar surface area (TPSA) is 87.2 Å². The minimum Gasteiger partial charge on any atom is -0.354 e. The Kier molecular flexibility index (Phi) is 4.94. The van der Waals surface area contributed by atoms with Crippen molar-refractivity contribution in [2.24, 2.45) is 0 Å². The zero-order valence-electron chi connectivity index (χ0n) is 16.1. The third-order valence-corrected chi connectivity index (χ3v) is 6.02. The number of benzene rings is 1. The highest BCUT2D eigenvalue weighted by molar-refractivity contribution is 8.18. The molecule has 0 spiro atoms. The van der Waals surface area contributed by atoms with Crippen molar-refractivity contribution in [1.82, 2.24) is 20.6 Å². The van der Waals surface area contributed by atoms with Gasteiger partial charge in [0.2, 0.25) is 0 Å². The van der Waals surface area contributed by atoms with Crippen LogP contribution in [0.5, 0.6) is 0 Å². The number of rotatable bonds is 3. The lowest BCUT2D eigenvalue weighted by molar-refractivity contribution is -0.115. The molecule has 2 aliphatic rings. The Morgan fingerprint density at radius 2 is 1.90 bits per heavy atom. The number of nitrogens with zero attached hydrogens (tertiary/aromatic N) is 3. The van der Waals surface area contributed by atoms with Crippen LogP contribution in [0.1, 0.15) is 5.56 Å². The smallest absolute Gasteiger partial charge is 0.290 e. The Hall–Kier alpha value is -3.23. The van der Waals surface area contributed by atoms with Gasteiger partial charge >= 0.3 is 0 Å². The van der Waals surface area contributed by atoms with Gasteiger partial charge < -0.3 is 10.2 Å². The summed E-state index contributed by atoms with van der Waals surface area (Å²) in [5.41, 5.74) is 3.74. The monoisotopic (exact) mass is 417 g/mol. The zero-order valence-corrected chi connectivity index (χ0v) is 16.9. The van der Waals surface area contributed by atoms with Crippen LogP contribution >= 0.6 is 11.8 Å². The largest absolute Gasteiger partial charge is 0.354 e. The van der Waals surface area contributed by atoms with E-state index in [1.54, 1.807) is 12.3 Å². The SMILES string of the molecule is O=C1NC(=O)/C(=C/c2ccc3nccc(-c4ccc(N5CCNCC5)nc4)c3c2)S1. The van der Waals surface area contributed by atoms with Crippen molar-refractivity contribution in [3.63, 3.8) is 0 Å². The van der Waals surface area contributed by atoms with Crippen molar-refractivity contribution in [2.75, 3.05) is 31.1 Å². The summed E-state index contributed by atoms with van der Waals surface area (Å²) in [7, 11) is 0. The molecule has 2 saturated heterocycles. The zero-order chi connectivity index (χ0) is 20.5. The third kappa shape index (κ3) is 3.67. The molecule has 0 bridgehead atoms. The standard InChI is InChI=1S/C22H19N5O2S/c28-21-19(30-22(29)26-21)12-14-1-3-18-17(11-14)16(5-6-24-18)15-2-4-20(25-13-15)27-9-7-23-8-10-27/h1-6,11-13,23H,7-10H2,(H,26,28,29)/b19-12-. The molecule has 4 heterocycles. The number of carbonyl (C=O) groups is 2. The van der Waals surface area contributed by atoms with Crippen LogP contribution in [0.3, 0.4) is 0 Å². The van der Waals surface area contributed by atoms with Crippen LogP contribution in [0.2, 0.25) is 0 Å². The third-order valence-electron chi connectivity index (χ3n) is 5.21. The lowest BCUT2D eigenvalue weighted by Gasteiger charge is -2.28. The molecule has 1 aromatic carbocycles. The summed E-state index contributed by atoms with van der Waals surface area (Å²) in [6, 6.07) is 11.9.